The van der Waals surface area contributed by atoms with Gasteiger partial charge in [-0.05, 0) is 43.7 Å². The second-order valence-corrected chi connectivity index (χ2v) is 5.55. The molecule has 0 aromatic carbocycles. The highest BCUT2D eigenvalue weighted by molar-refractivity contribution is 5.79. The van der Waals surface area contributed by atoms with Crippen LogP contribution in [0.25, 0.3) is 0 Å². The third-order valence-electron chi connectivity index (χ3n) is 4.24. The summed E-state index contributed by atoms with van der Waals surface area (Å²) in [6, 6.07) is 5.85. The molecule has 0 saturated carbocycles. The van der Waals surface area contributed by atoms with Crippen molar-refractivity contribution in [1.29, 1.82) is 0 Å². The van der Waals surface area contributed by atoms with Crippen LogP contribution in [0.3, 0.4) is 0 Å². The number of aliphatic hydroxyl groups is 1. The first-order valence-corrected chi connectivity index (χ1v) is 8.22. The monoisotopic (exact) mass is 306 g/mol. The van der Waals surface area contributed by atoms with Crippen LogP contribution in [0.5, 0.6) is 0 Å². The second-order valence-electron chi connectivity index (χ2n) is 5.55. The average Bonchev–Trinajstić information content (AvgIpc) is 2.57. The predicted octanol–water partition coefficient (Wildman–Crippen LogP) is 2.33. The Morgan fingerprint density at radius 2 is 2.00 bits per heavy atom. The molecule has 0 amide bonds. The fourth-order valence-corrected chi connectivity index (χ4v) is 2.44. The quantitative estimate of drug-likeness (QED) is 0.484. The lowest BCUT2D eigenvalue weighted by Gasteiger charge is -2.32. The van der Waals surface area contributed by atoms with Crippen molar-refractivity contribution in [2.24, 2.45) is 10.4 Å². The van der Waals surface area contributed by atoms with Gasteiger partial charge in [-0.3, -0.25) is 4.98 Å². The molecule has 124 valence electrons. The molecule has 0 radical (unpaired) electrons. The Hall–Kier alpha value is -1.62. The van der Waals surface area contributed by atoms with Crippen molar-refractivity contribution in [3.05, 3.63) is 30.1 Å². The first-order chi connectivity index (χ1) is 10.7. The molecular weight excluding hydrogens is 276 g/mol. The molecule has 5 nitrogen and oxygen atoms in total. The zero-order valence-electron chi connectivity index (χ0n) is 14.1. The molecule has 5 heteroatoms. The van der Waals surface area contributed by atoms with Crippen molar-refractivity contribution in [2.45, 2.75) is 46.6 Å². The molecule has 0 spiro atoms. The van der Waals surface area contributed by atoms with Gasteiger partial charge in [0.2, 0.25) is 0 Å². The van der Waals surface area contributed by atoms with Gasteiger partial charge in [-0.2, -0.15) is 0 Å². The maximum atomic E-state index is 9.30. The summed E-state index contributed by atoms with van der Waals surface area (Å²) in [4.78, 5) is 8.87. The summed E-state index contributed by atoms with van der Waals surface area (Å²) in [7, 11) is 0. The Balaban J connectivity index is 2.66. The van der Waals surface area contributed by atoms with E-state index in [1.54, 1.807) is 6.20 Å². The van der Waals surface area contributed by atoms with E-state index in [1.165, 1.54) is 0 Å². The summed E-state index contributed by atoms with van der Waals surface area (Å²) in [6.45, 7) is 8.83. The van der Waals surface area contributed by atoms with Crippen LogP contribution >= 0.6 is 0 Å². The highest BCUT2D eigenvalue weighted by atomic mass is 16.3. The molecule has 0 bridgehead atoms. The van der Waals surface area contributed by atoms with Crippen LogP contribution in [-0.2, 0) is 6.54 Å². The number of aliphatic hydroxyl groups excluding tert-OH is 1. The molecule has 0 unspecified atom stereocenters. The standard InChI is InChI=1S/C17H30N4O/c1-4-17(5-2,10-12-22)14-21-16(18-6-3)20-13-15-9-7-8-11-19-15/h7-9,11,22H,4-6,10,12-14H2,1-3H3,(H2,18,20,21). The van der Waals surface area contributed by atoms with Crippen LogP contribution in [0.15, 0.2) is 29.4 Å². The smallest absolute Gasteiger partial charge is 0.191 e. The van der Waals surface area contributed by atoms with Crippen molar-refractivity contribution >= 4 is 5.96 Å². The minimum Gasteiger partial charge on any atom is -0.396 e. The molecule has 22 heavy (non-hydrogen) atoms. The number of pyridine rings is 1. The third-order valence-corrected chi connectivity index (χ3v) is 4.24. The molecule has 0 fully saturated rings. The predicted molar refractivity (Wildman–Crippen MR) is 91.8 cm³/mol. The molecular formula is C17H30N4O. The van der Waals surface area contributed by atoms with E-state index < -0.39 is 0 Å². The third kappa shape index (κ3) is 6.02. The lowest BCUT2D eigenvalue weighted by molar-refractivity contribution is 0.169. The van der Waals surface area contributed by atoms with Crippen LogP contribution in [0, 0.1) is 5.41 Å². The zero-order valence-corrected chi connectivity index (χ0v) is 14.1. The SMILES string of the molecule is CCNC(=NCc1ccccn1)NCC(CC)(CC)CCO. The van der Waals surface area contributed by atoms with Crippen LogP contribution in [0.4, 0.5) is 0 Å². The van der Waals surface area contributed by atoms with E-state index in [0.29, 0.717) is 6.54 Å². The molecule has 1 aromatic rings. The Morgan fingerprint density at radius 3 is 2.55 bits per heavy atom. The fraction of sp³-hybridized carbons (Fsp3) is 0.647. The molecule has 1 heterocycles. The molecule has 0 aliphatic carbocycles. The van der Waals surface area contributed by atoms with Gasteiger partial charge in [0.05, 0.1) is 12.2 Å². The van der Waals surface area contributed by atoms with E-state index in [0.717, 1.165) is 44.0 Å². The Labute approximate surface area is 134 Å². The number of nitrogens with zero attached hydrogens (tertiary/aromatic N) is 2. The van der Waals surface area contributed by atoms with Gasteiger partial charge in [-0.1, -0.05) is 19.9 Å². The topological polar surface area (TPSA) is 69.5 Å². The summed E-state index contributed by atoms with van der Waals surface area (Å²) < 4.78 is 0. The maximum absolute atomic E-state index is 9.30. The van der Waals surface area contributed by atoms with Crippen LogP contribution in [0.1, 0.15) is 45.7 Å². The van der Waals surface area contributed by atoms with Crippen molar-refractivity contribution in [1.82, 2.24) is 15.6 Å². The van der Waals surface area contributed by atoms with Gasteiger partial charge in [0.15, 0.2) is 5.96 Å². The number of aromatic nitrogens is 1. The van der Waals surface area contributed by atoms with Crippen molar-refractivity contribution in [3.63, 3.8) is 0 Å². The Bertz CT molecular complexity index is 430. The Kier molecular flexibility index (Phi) is 8.51. The summed E-state index contributed by atoms with van der Waals surface area (Å²) in [6.07, 6.45) is 4.67. The van der Waals surface area contributed by atoms with Crippen molar-refractivity contribution in [3.8, 4) is 0 Å². The summed E-state index contributed by atoms with van der Waals surface area (Å²) in [5.41, 5.74) is 1.07. The average molecular weight is 306 g/mol. The van der Waals surface area contributed by atoms with Crippen molar-refractivity contribution < 1.29 is 5.11 Å². The molecule has 1 aromatic heterocycles. The minimum absolute atomic E-state index is 0.121. The van der Waals surface area contributed by atoms with E-state index in [9.17, 15) is 5.11 Å². The highest BCUT2D eigenvalue weighted by Crippen LogP contribution is 2.29. The number of aliphatic imine (C=N–C) groups is 1. The molecule has 3 N–H and O–H groups in total. The summed E-state index contributed by atoms with van der Waals surface area (Å²) >= 11 is 0. The second kappa shape index (κ2) is 10.2. The highest BCUT2D eigenvalue weighted by Gasteiger charge is 2.25. The largest absolute Gasteiger partial charge is 0.396 e. The molecule has 0 aliphatic heterocycles. The lowest BCUT2D eigenvalue weighted by Crippen LogP contribution is -2.43. The maximum Gasteiger partial charge on any atom is 0.191 e. The van der Waals surface area contributed by atoms with Crippen LogP contribution < -0.4 is 10.6 Å². The molecule has 0 atom stereocenters. The van der Waals surface area contributed by atoms with Crippen molar-refractivity contribution in [2.75, 3.05) is 19.7 Å². The summed E-state index contributed by atoms with van der Waals surface area (Å²) in [5.74, 6) is 0.803. The zero-order chi connectivity index (χ0) is 16.3. The van der Waals surface area contributed by atoms with Gasteiger partial charge in [0.25, 0.3) is 0 Å². The van der Waals surface area contributed by atoms with E-state index >= 15 is 0 Å². The fourth-order valence-electron chi connectivity index (χ4n) is 2.44. The normalized spacial score (nSPS) is 12.3. The Morgan fingerprint density at radius 1 is 1.23 bits per heavy atom. The van der Waals surface area contributed by atoms with Gasteiger partial charge < -0.3 is 15.7 Å². The number of hydrogen-bond acceptors (Lipinski definition) is 3. The van der Waals surface area contributed by atoms with E-state index in [-0.39, 0.29) is 12.0 Å². The van der Waals surface area contributed by atoms with E-state index in [2.05, 4.69) is 41.4 Å². The van der Waals surface area contributed by atoms with E-state index in [4.69, 9.17) is 0 Å². The lowest BCUT2D eigenvalue weighted by atomic mass is 9.79. The minimum atomic E-state index is 0.121. The first-order valence-electron chi connectivity index (χ1n) is 8.22. The molecule has 0 saturated heterocycles. The van der Waals surface area contributed by atoms with Gasteiger partial charge in [-0.25, -0.2) is 4.99 Å². The van der Waals surface area contributed by atoms with Gasteiger partial charge in [-0.15, -0.1) is 0 Å². The van der Waals surface area contributed by atoms with Crippen LogP contribution in [0.2, 0.25) is 0 Å². The van der Waals surface area contributed by atoms with Gasteiger partial charge >= 0.3 is 0 Å². The number of rotatable bonds is 9. The molecule has 1 rings (SSSR count). The summed E-state index contributed by atoms with van der Waals surface area (Å²) in [5, 5.41) is 16.0. The van der Waals surface area contributed by atoms with Crippen LogP contribution in [-0.4, -0.2) is 35.7 Å². The number of guanidine groups is 1. The van der Waals surface area contributed by atoms with Gasteiger partial charge in [0, 0.05) is 25.9 Å². The number of nitrogens with one attached hydrogen (secondary N) is 2. The van der Waals surface area contributed by atoms with Gasteiger partial charge in [0.1, 0.15) is 0 Å². The molecule has 0 aliphatic rings. The number of hydrogen-bond donors (Lipinski definition) is 3. The van der Waals surface area contributed by atoms with E-state index in [1.807, 2.05) is 18.2 Å². The first kappa shape index (κ1) is 18.4.